The molecule has 0 amide bonds. The summed E-state index contributed by atoms with van der Waals surface area (Å²) in [5.74, 6) is 2.60. The molecule has 0 heterocycles. The van der Waals surface area contributed by atoms with Crippen LogP contribution in [0, 0.1) is 23.7 Å². The van der Waals surface area contributed by atoms with E-state index in [1.807, 2.05) is 42.3 Å². The van der Waals surface area contributed by atoms with Crippen LogP contribution in [0.25, 0.3) is 0 Å². The molecule has 0 saturated carbocycles. The second-order valence-electron chi connectivity index (χ2n) is 2.99. The van der Waals surface area contributed by atoms with Gasteiger partial charge in [-0.3, -0.25) is 0 Å². The molecule has 2 nitrogen and oxygen atoms in total. The number of hydrogen-bond donors (Lipinski definition) is 0. The molecule has 1 aromatic carbocycles. The van der Waals surface area contributed by atoms with Gasteiger partial charge in [-0.25, -0.2) is 0 Å². The van der Waals surface area contributed by atoms with Crippen molar-refractivity contribution in [3.63, 3.8) is 0 Å². The zero-order valence-corrected chi connectivity index (χ0v) is 8.14. The Kier molecular flexibility index (Phi) is 3.58. The van der Waals surface area contributed by atoms with E-state index in [1.165, 1.54) is 0 Å². The van der Waals surface area contributed by atoms with E-state index in [-0.39, 0.29) is 6.04 Å². The SMILES string of the molecule is C#CC(CC#N)N(C)c1ccccc1. The first-order valence-electron chi connectivity index (χ1n) is 4.40. The summed E-state index contributed by atoms with van der Waals surface area (Å²) in [5, 5.41) is 8.59. The molecule has 1 unspecified atom stereocenters. The fraction of sp³-hybridized carbons (Fsp3) is 0.250. The molecule has 0 saturated heterocycles. The van der Waals surface area contributed by atoms with E-state index in [9.17, 15) is 0 Å². The molecule has 0 spiro atoms. The zero-order chi connectivity index (χ0) is 10.4. The van der Waals surface area contributed by atoms with Gasteiger partial charge in [-0.1, -0.05) is 24.1 Å². The Balaban J connectivity index is 2.80. The van der Waals surface area contributed by atoms with E-state index in [0.717, 1.165) is 5.69 Å². The number of anilines is 1. The minimum atomic E-state index is -0.151. The van der Waals surface area contributed by atoms with Gasteiger partial charge in [-0.2, -0.15) is 5.26 Å². The molecule has 0 aliphatic rings. The monoisotopic (exact) mass is 184 g/mol. The van der Waals surface area contributed by atoms with Gasteiger partial charge in [0.15, 0.2) is 0 Å². The maximum absolute atomic E-state index is 8.59. The molecule has 1 atom stereocenters. The summed E-state index contributed by atoms with van der Waals surface area (Å²) in [6.45, 7) is 0. The van der Waals surface area contributed by atoms with Gasteiger partial charge >= 0.3 is 0 Å². The van der Waals surface area contributed by atoms with E-state index < -0.39 is 0 Å². The van der Waals surface area contributed by atoms with Crippen LogP contribution in [-0.2, 0) is 0 Å². The van der Waals surface area contributed by atoms with Gasteiger partial charge < -0.3 is 4.90 Å². The summed E-state index contributed by atoms with van der Waals surface area (Å²) < 4.78 is 0. The highest BCUT2D eigenvalue weighted by atomic mass is 15.1. The molecule has 0 aliphatic carbocycles. The summed E-state index contributed by atoms with van der Waals surface area (Å²) >= 11 is 0. The predicted octanol–water partition coefficient (Wildman–Crippen LogP) is 2.04. The Bertz CT molecular complexity index is 356. The van der Waals surface area contributed by atoms with Crippen molar-refractivity contribution in [2.24, 2.45) is 0 Å². The Hall–Kier alpha value is -1.93. The van der Waals surface area contributed by atoms with Crippen molar-refractivity contribution >= 4 is 5.69 Å². The van der Waals surface area contributed by atoms with Crippen LogP contribution in [-0.4, -0.2) is 13.1 Å². The van der Waals surface area contributed by atoms with E-state index >= 15 is 0 Å². The molecule has 2 heteroatoms. The van der Waals surface area contributed by atoms with Crippen molar-refractivity contribution in [1.82, 2.24) is 0 Å². The third-order valence-electron chi connectivity index (χ3n) is 2.11. The van der Waals surface area contributed by atoms with Crippen molar-refractivity contribution in [2.45, 2.75) is 12.5 Å². The third-order valence-corrected chi connectivity index (χ3v) is 2.11. The fourth-order valence-electron chi connectivity index (χ4n) is 1.24. The van der Waals surface area contributed by atoms with Crippen molar-refractivity contribution in [3.05, 3.63) is 30.3 Å². The van der Waals surface area contributed by atoms with Crippen molar-refractivity contribution < 1.29 is 0 Å². The summed E-state index contributed by atoms with van der Waals surface area (Å²) in [7, 11) is 1.90. The Morgan fingerprint density at radius 1 is 1.43 bits per heavy atom. The highest BCUT2D eigenvalue weighted by Crippen LogP contribution is 2.15. The first-order chi connectivity index (χ1) is 6.79. The molecule has 1 rings (SSSR count). The number of terminal acetylenes is 1. The molecule has 0 radical (unpaired) electrons. The van der Waals surface area contributed by atoms with Crippen molar-refractivity contribution in [1.29, 1.82) is 5.26 Å². The maximum atomic E-state index is 8.59. The molecular formula is C12H12N2. The van der Waals surface area contributed by atoms with Gasteiger partial charge in [0.05, 0.1) is 12.5 Å². The maximum Gasteiger partial charge on any atom is 0.103 e. The van der Waals surface area contributed by atoms with E-state index in [0.29, 0.717) is 6.42 Å². The molecular weight excluding hydrogens is 172 g/mol. The number of nitrogens with zero attached hydrogens (tertiary/aromatic N) is 2. The lowest BCUT2D eigenvalue weighted by molar-refractivity contribution is 0.789. The van der Waals surface area contributed by atoms with Crippen LogP contribution in [0.1, 0.15) is 6.42 Å². The smallest absolute Gasteiger partial charge is 0.103 e. The molecule has 0 fully saturated rings. The number of hydrogen-bond acceptors (Lipinski definition) is 2. The van der Waals surface area contributed by atoms with Gasteiger partial charge in [-0.15, -0.1) is 6.42 Å². The largest absolute Gasteiger partial charge is 0.360 e. The van der Waals surface area contributed by atoms with Gasteiger partial charge in [0.1, 0.15) is 6.04 Å². The summed E-state index contributed by atoms with van der Waals surface area (Å²) in [4.78, 5) is 1.93. The quantitative estimate of drug-likeness (QED) is 0.672. The van der Waals surface area contributed by atoms with Crippen LogP contribution in [0.2, 0.25) is 0 Å². The second kappa shape index (κ2) is 4.94. The van der Waals surface area contributed by atoms with Crippen LogP contribution in [0.5, 0.6) is 0 Å². The van der Waals surface area contributed by atoms with Gasteiger partial charge in [0.25, 0.3) is 0 Å². The fourth-order valence-corrected chi connectivity index (χ4v) is 1.24. The summed E-state index contributed by atoms with van der Waals surface area (Å²) in [5.41, 5.74) is 1.03. The number of nitriles is 1. The van der Waals surface area contributed by atoms with E-state index in [2.05, 4.69) is 12.0 Å². The summed E-state index contributed by atoms with van der Waals surface area (Å²) in [6, 6.07) is 11.7. The first-order valence-corrected chi connectivity index (χ1v) is 4.40. The molecule has 70 valence electrons. The standard InChI is InChI=1S/C12H12N2/c1-3-11(9-10-13)14(2)12-7-5-4-6-8-12/h1,4-8,11H,9H2,2H3. The summed E-state index contributed by atoms with van der Waals surface area (Å²) in [6.07, 6.45) is 5.70. The lowest BCUT2D eigenvalue weighted by Crippen LogP contribution is -2.29. The number of rotatable bonds is 3. The van der Waals surface area contributed by atoms with Crippen molar-refractivity contribution in [3.8, 4) is 18.4 Å². The minimum absolute atomic E-state index is 0.151. The minimum Gasteiger partial charge on any atom is -0.360 e. The predicted molar refractivity (Wildman–Crippen MR) is 57.7 cm³/mol. The molecule has 14 heavy (non-hydrogen) atoms. The average Bonchev–Trinajstić information content (AvgIpc) is 2.26. The molecule has 0 aliphatic heterocycles. The Morgan fingerprint density at radius 3 is 2.57 bits per heavy atom. The first kappa shape index (κ1) is 10.2. The van der Waals surface area contributed by atoms with Crippen LogP contribution >= 0.6 is 0 Å². The van der Waals surface area contributed by atoms with Gasteiger partial charge in [-0.05, 0) is 12.1 Å². The number of benzene rings is 1. The average molecular weight is 184 g/mol. The second-order valence-corrected chi connectivity index (χ2v) is 2.99. The van der Waals surface area contributed by atoms with E-state index in [4.69, 9.17) is 11.7 Å². The highest BCUT2D eigenvalue weighted by Gasteiger charge is 2.10. The van der Waals surface area contributed by atoms with Gasteiger partial charge in [0, 0.05) is 12.7 Å². The number of para-hydroxylation sites is 1. The Morgan fingerprint density at radius 2 is 2.07 bits per heavy atom. The van der Waals surface area contributed by atoms with Crippen LogP contribution < -0.4 is 4.90 Å². The van der Waals surface area contributed by atoms with E-state index in [1.54, 1.807) is 0 Å². The topological polar surface area (TPSA) is 27.0 Å². The molecule has 1 aromatic rings. The van der Waals surface area contributed by atoms with Gasteiger partial charge in [0.2, 0.25) is 0 Å². The van der Waals surface area contributed by atoms with Crippen LogP contribution in [0.15, 0.2) is 30.3 Å². The Labute approximate surface area is 84.8 Å². The lowest BCUT2D eigenvalue weighted by Gasteiger charge is -2.23. The molecule has 0 bridgehead atoms. The third kappa shape index (κ3) is 2.28. The highest BCUT2D eigenvalue weighted by molar-refractivity contribution is 5.48. The molecule has 0 aromatic heterocycles. The molecule has 0 N–H and O–H groups in total. The normalized spacial score (nSPS) is 11.1. The lowest BCUT2D eigenvalue weighted by atomic mass is 10.2. The zero-order valence-electron chi connectivity index (χ0n) is 8.14. The van der Waals surface area contributed by atoms with Crippen molar-refractivity contribution in [2.75, 3.05) is 11.9 Å². The van der Waals surface area contributed by atoms with Crippen LogP contribution in [0.3, 0.4) is 0 Å². The van der Waals surface area contributed by atoms with Crippen LogP contribution in [0.4, 0.5) is 5.69 Å².